The number of fused-ring (bicyclic) bond motifs is 1. The van der Waals surface area contributed by atoms with Gasteiger partial charge in [0.15, 0.2) is 11.5 Å². The molecule has 0 amide bonds. The first-order valence-electron chi connectivity index (χ1n) is 10.5. The van der Waals surface area contributed by atoms with Crippen LogP contribution in [0.2, 0.25) is 0 Å². The number of methoxy groups -OCH3 is 1. The minimum absolute atomic E-state index is 0.0802. The van der Waals surface area contributed by atoms with Gasteiger partial charge in [0.05, 0.1) is 24.3 Å². The first-order valence-corrected chi connectivity index (χ1v) is 11.4. The second kappa shape index (κ2) is 7.58. The molecule has 0 bridgehead atoms. The predicted molar refractivity (Wildman–Crippen MR) is 117 cm³/mol. The van der Waals surface area contributed by atoms with E-state index in [0.29, 0.717) is 6.42 Å². The van der Waals surface area contributed by atoms with Crippen LogP contribution >= 0.6 is 11.3 Å². The van der Waals surface area contributed by atoms with Gasteiger partial charge >= 0.3 is 5.97 Å². The second-order valence-electron chi connectivity index (χ2n) is 8.39. The van der Waals surface area contributed by atoms with E-state index in [1.54, 1.807) is 18.4 Å². The Bertz CT molecular complexity index is 1030. The summed E-state index contributed by atoms with van der Waals surface area (Å²) in [6.45, 7) is 0. The SMILES string of the molecule is COc1ccc(-c2nc(C3=CC4CC4(C(=O)O)C=C3)cs2)cc1OC1CCCCC1. The molecular weight excluding hydrogens is 398 g/mol. The number of thiazole rings is 1. The number of carbonyl (C=O) groups is 1. The van der Waals surface area contributed by atoms with Crippen molar-refractivity contribution in [2.45, 2.75) is 44.6 Å². The van der Waals surface area contributed by atoms with Crippen molar-refractivity contribution in [3.63, 3.8) is 0 Å². The third-order valence-electron chi connectivity index (χ3n) is 6.45. The summed E-state index contributed by atoms with van der Waals surface area (Å²) >= 11 is 1.59. The summed E-state index contributed by atoms with van der Waals surface area (Å²) in [6.07, 6.45) is 12.6. The van der Waals surface area contributed by atoms with Crippen molar-refractivity contribution in [1.29, 1.82) is 0 Å². The molecule has 0 radical (unpaired) electrons. The Balaban J connectivity index is 1.37. The van der Waals surface area contributed by atoms with E-state index in [1.165, 1.54) is 19.3 Å². The molecule has 1 N–H and O–H groups in total. The standard InChI is InChI=1S/C24H25NO4S/c1-28-20-8-7-16(12-21(20)29-18-5-3-2-4-6-18)22-25-19(14-30-22)15-9-10-24(23(26)27)13-17(24)11-15/h7-12,14,17-18H,2-6,13H2,1H3,(H,26,27). The molecule has 0 aliphatic heterocycles. The van der Waals surface area contributed by atoms with Crippen molar-refractivity contribution < 1.29 is 19.4 Å². The van der Waals surface area contributed by atoms with Crippen LogP contribution in [-0.2, 0) is 4.79 Å². The van der Waals surface area contributed by atoms with Gasteiger partial charge in [0.2, 0.25) is 0 Å². The van der Waals surface area contributed by atoms with E-state index in [4.69, 9.17) is 14.5 Å². The highest BCUT2D eigenvalue weighted by atomic mass is 32.1. The van der Waals surface area contributed by atoms with Crippen molar-refractivity contribution in [2.75, 3.05) is 7.11 Å². The number of aliphatic carboxylic acids is 1. The molecule has 0 spiro atoms. The van der Waals surface area contributed by atoms with E-state index in [1.807, 2.05) is 35.7 Å². The van der Waals surface area contributed by atoms with Gasteiger partial charge in [0, 0.05) is 10.9 Å². The van der Waals surface area contributed by atoms with Gasteiger partial charge in [0.1, 0.15) is 5.01 Å². The van der Waals surface area contributed by atoms with Gasteiger partial charge in [-0.1, -0.05) is 24.6 Å². The molecular formula is C24H25NO4S. The van der Waals surface area contributed by atoms with Gasteiger partial charge in [-0.3, -0.25) is 4.79 Å². The zero-order valence-electron chi connectivity index (χ0n) is 17.0. The van der Waals surface area contributed by atoms with Gasteiger partial charge in [-0.2, -0.15) is 0 Å². The molecule has 2 fully saturated rings. The number of hydrogen-bond donors (Lipinski definition) is 1. The van der Waals surface area contributed by atoms with Gasteiger partial charge in [-0.25, -0.2) is 4.98 Å². The summed E-state index contributed by atoms with van der Waals surface area (Å²) in [4.78, 5) is 16.3. The Morgan fingerprint density at radius 3 is 2.80 bits per heavy atom. The summed E-state index contributed by atoms with van der Waals surface area (Å²) in [6, 6.07) is 5.98. The molecule has 3 aliphatic carbocycles. The summed E-state index contributed by atoms with van der Waals surface area (Å²) in [5.74, 6) is 0.871. The molecule has 3 aliphatic rings. The summed E-state index contributed by atoms with van der Waals surface area (Å²) in [5.41, 5.74) is 2.22. The quantitative estimate of drug-likeness (QED) is 0.657. The Morgan fingerprint density at radius 2 is 2.07 bits per heavy atom. The van der Waals surface area contributed by atoms with Crippen LogP contribution in [0.3, 0.4) is 0 Å². The zero-order valence-corrected chi connectivity index (χ0v) is 17.8. The fourth-order valence-electron chi connectivity index (χ4n) is 4.51. The molecule has 2 saturated carbocycles. The van der Waals surface area contributed by atoms with E-state index in [0.717, 1.165) is 46.2 Å². The van der Waals surface area contributed by atoms with E-state index in [-0.39, 0.29) is 12.0 Å². The van der Waals surface area contributed by atoms with E-state index in [9.17, 15) is 9.90 Å². The lowest BCUT2D eigenvalue weighted by atomic mass is 9.95. The van der Waals surface area contributed by atoms with Gasteiger partial charge in [-0.05, 0) is 61.8 Å². The van der Waals surface area contributed by atoms with Crippen molar-refractivity contribution in [3.05, 3.63) is 47.5 Å². The molecule has 30 heavy (non-hydrogen) atoms. The molecule has 2 aromatic rings. The number of carboxylic acids is 1. The van der Waals surface area contributed by atoms with Crippen LogP contribution < -0.4 is 9.47 Å². The average Bonchev–Trinajstić information content (AvgIpc) is 3.32. The number of allylic oxidation sites excluding steroid dienone is 3. The third kappa shape index (κ3) is 3.43. The molecule has 2 atom stereocenters. The number of ether oxygens (including phenoxy) is 2. The van der Waals surface area contributed by atoms with Crippen LogP contribution in [0.15, 0.2) is 41.8 Å². The molecule has 1 aromatic carbocycles. The monoisotopic (exact) mass is 423 g/mol. The van der Waals surface area contributed by atoms with E-state index in [2.05, 4.69) is 6.08 Å². The van der Waals surface area contributed by atoms with Crippen molar-refractivity contribution in [3.8, 4) is 22.1 Å². The summed E-state index contributed by atoms with van der Waals surface area (Å²) < 4.78 is 11.8. The first-order chi connectivity index (χ1) is 14.6. The highest BCUT2D eigenvalue weighted by Gasteiger charge is 2.58. The van der Waals surface area contributed by atoms with Gasteiger partial charge < -0.3 is 14.6 Å². The van der Waals surface area contributed by atoms with Crippen LogP contribution in [0.4, 0.5) is 0 Å². The lowest BCUT2D eigenvalue weighted by Crippen LogP contribution is -2.19. The van der Waals surface area contributed by atoms with Crippen LogP contribution in [0.1, 0.15) is 44.2 Å². The fourth-order valence-corrected chi connectivity index (χ4v) is 5.33. The fraction of sp³-hybridized carbons (Fsp3) is 0.417. The van der Waals surface area contributed by atoms with Crippen molar-refractivity contribution >= 4 is 22.9 Å². The lowest BCUT2D eigenvalue weighted by Gasteiger charge is -2.24. The minimum Gasteiger partial charge on any atom is -0.493 e. The number of carboxylic acid groups (broad SMARTS) is 1. The first kappa shape index (κ1) is 19.4. The van der Waals surface area contributed by atoms with Crippen LogP contribution in [0, 0.1) is 11.3 Å². The van der Waals surface area contributed by atoms with Crippen LogP contribution in [0.5, 0.6) is 11.5 Å². The average molecular weight is 424 g/mol. The smallest absolute Gasteiger partial charge is 0.314 e. The van der Waals surface area contributed by atoms with Crippen molar-refractivity contribution in [2.24, 2.45) is 11.3 Å². The second-order valence-corrected chi connectivity index (χ2v) is 9.25. The molecule has 0 saturated heterocycles. The minimum atomic E-state index is -0.734. The third-order valence-corrected chi connectivity index (χ3v) is 7.35. The molecule has 1 aromatic heterocycles. The van der Waals surface area contributed by atoms with Gasteiger partial charge in [0.25, 0.3) is 0 Å². The molecule has 5 rings (SSSR count). The Kier molecular flexibility index (Phi) is 4.89. The van der Waals surface area contributed by atoms with Gasteiger partial charge in [-0.15, -0.1) is 11.3 Å². The number of benzene rings is 1. The Labute approximate surface area is 180 Å². The maximum Gasteiger partial charge on any atom is 0.314 e. The topological polar surface area (TPSA) is 68.7 Å². The number of hydrogen-bond acceptors (Lipinski definition) is 5. The number of rotatable bonds is 6. The molecule has 1 heterocycles. The maximum absolute atomic E-state index is 11.5. The molecule has 5 nitrogen and oxygen atoms in total. The molecule has 156 valence electrons. The number of nitrogens with zero attached hydrogens (tertiary/aromatic N) is 1. The molecule has 2 unspecified atom stereocenters. The highest BCUT2D eigenvalue weighted by Crippen LogP contribution is 2.58. The largest absolute Gasteiger partial charge is 0.493 e. The summed E-state index contributed by atoms with van der Waals surface area (Å²) in [7, 11) is 1.67. The normalized spacial score (nSPS) is 25.4. The number of aromatic nitrogens is 1. The lowest BCUT2D eigenvalue weighted by molar-refractivity contribution is -0.141. The van der Waals surface area contributed by atoms with E-state index >= 15 is 0 Å². The molecule has 6 heteroatoms. The maximum atomic E-state index is 11.5. The zero-order chi connectivity index (χ0) is 20.7. The van der Waals surface area contributed by atoms with Crippen LogP contribution in [-0.4, -0.2) is 29.3 Å². The summed E-state index contributed by atoms with van der Waals surface area (Å²) in [5, 5.41) is 12.4. The predicted octanol–water partition coefficient (Wildman–Crippen LogP) is 5.57. The van der Waals surface area contributed by atoms with Crippen molar-refractivity contribution in [1.82, 2.24) is 4.98 Å². The Morgan fingerprint density at radius 1 is 1.23 bits per heavy atom. The highest BCUT2D eigenvalue weighted by molar-refractivity contribution is 7.13. The van der Waals surface area contributed by atoms with Crippen LogP contribution in [0.25, 0.3) is 16.1 Å². The van der Waals surface area contributed by atoms with E-state index < -0.39 is 11.4 Å². The Hall–Kier alpha value is -2.60.